The fraction of sp³-hybridized carbons (Fsp3) is 0.250. The van der Waals surface area contributed by atoms with Gasteiger partial charge in [0.15, 0.2) is 0 Å². The van der Waals surface area contributed by atoms with E-state index in [-0.39, 0.29) is 10.6 Å². The third-order valence-corrected chi connectivity index (χ3v) is 4.14. The zero-order valence-electron chi connectivity index (χ0n) is 11.9. The molecule has 0 fully saturated rings. The Balaban J connectivity index is 1.88. The second-order valence-electron chi connectivity index (χ2n) is 4.64. The van der Waals surface area contributed by atoms with Crippen LogP contribution in [-0.4, -0.2) is 11.5 Å². The molecule has 0 aliphatic carbocycles. The molecule has 0 spiro atoms. The summed E-state index contributed by atoms with van der Waals surface area (Å²) < 4.78 is 0. The molecule has 0 radical (unpaired) electrons. The Bertz CT molecular complexity index is 582. The zero-order valence-corrected chi connectivity index (χ0v) is 12.7. The Morgan fingerprint density at radius 3 is 2.24 bits per heavy atom. The molecular weight excluding hydrogens is 284 g/mol. The van der Waals surface area contributed by atoms with Crippen molar-refractivity contribution < 1.29 is 4.92 Å². The van der Waals surface area contributed by atoms with Crippen LogP contribution in [0.25, 0.3) is 0 Å². The van der Waals surface area contributed by atoms with Crippen LogP contribution in [0.15, 0.2) is 53.4 Å². The van der Waals surface area contributed by atoms with Crippen molar-refractivity contribution in [3.05, 3.63) is 69.8 Å². The highest BCUT2D eigenvalue weighted by Gasteiger charge is 2.04. The maximum atomic E-state index is 10.6. The molecule has 2 aromatic carbocycles. The van der Waals surface area contributed by atoms with Gasteiger partial charge in [0.2, 0.25) is 0 Å². The molecule has 0 atom stereocenters. The lowest BCUT2D eigenvalue weighted by molar-refractivity contribution is -0.384. The highest BCUT2D eigenvalue weighted by atomic mass is 32.2. The Labute approximate surface area is 128 Å². The van der Waals surface area contributed by atoms with Crippen LogP contribution < -0.4 is 5.32 Å². The van der Waals surface area contributed by atoms with Gasteiger partial charge in [-0.25, -0.2) is 0 Å². The third kappa shape index (κ3) is 4.88. The summed E-state index contributed by atoms with van der Waals surface area (Å²) in [5.41, 5.74) is 2.50. The number of thioether (sulfide) groups is 1. The van der Waals surface area contributed by atoms with Crippen molar-refractivity contribution in [1.29, 1.82) is 0 Å². The number of hydrogen-bond acceptors (Lipinski definition) is 4. The van der Waals surface area contributed by atoms with E-state index < -0.39 is 0 Å². The molecule has 0 saturated heterocycles. The topological polar surface area (TPSA) is 55.2 Å². The summed E-state index contributed by atoms with van der Waals surface area (Å²) >= 11 is 1.73. The number of nitrogens with zero attached hydrogens (tertiary/aromatic N) is 1. The molecule has 0 saturated carbocycles. The highest BCUT2D eigenvalue weighted by Crippen LogP contribution is 2.24. The summed E-state index contributed by atoms with van der Waals surface area (Å²) in [4.78, 5) is 11.4. The summed E-state index contributed by atoms with van der Waals surface area (Å²) in [7, 11) is 0. The number of rotatable bonds is 7. The lowest BCUT2D eigenvalue weighted by atomic mass is 10.2. The first-order valence-corrected chi connectivity index (χ1v) is 7.83. The van der Waals surface area contributed by atoms with Crippen molar-refractivity contribution >= 4 is 17.4 Å². The number of non-ortho nitro benzene ring substituents is 1. The molecule has 0 unspecified atom stereocenters. The van der Waals surface area contributed by atoms with Gasteiger partial charge in [-0.3, -0.25) is 10.1 Å². The van der Waals surface area contributed by atoms with Crippen LogP contribution in [0, 0.1) is 10.1 Å². The second kappa shape index (κ2) is 7.81. The highest BCUT2D eigenvalue weighted by molar-refractivity contribution is 7.98. The summed E-state index contributed by atoms with van der Waals surface area (Å²) in [5, 5.41) is 13.9. The SMILES string of the molecule is CCNCc1ccc(SCc2ccc([N+](=O)[O-])cc2)cc1. The van der Waals surface area contributed by atoms with Crippen LogP contribution in [0.5, 0.6) is 0 Å². The molecule has 110 valence electrons. The number of nitrogens with one attached hydrogen (secondary N) is 1. The van der Waals surface area contributed by atoms with E-state index in [1.807, 2.05) is 12.1 Å². The van der Waals surface area contributed by atoms with E-state index in [9.17, 15) is 10.1 Å². The van der Waals surface area contributed by atoms with E-state index in [0.717, 1.165) is 24.4 Å². The number of nitro benzene ring substituents is 1. The van der Waals surface area contributed by atoms with E-state index in [4.69, 9.17) is 0 Å². The monoisotopic (exact) mass is 302 g/mol. The molecule has 0 bridgehead atoms. The van der Waals surface area contributed by atoms with Gasteiger partial charge < -0.3 is 5.32 Å². The standard InChI is InChI=1S/C16H18N2O2S/c1-2-17-11-13-5-9-16(10-6-13)21-12-14-3-7-15(8-4-14)18(19)20/h3-10,17H,2,11-12H2,1H3. The van der Waals surface area contributed by atoms with Gasteiger partial charge in [-0.05, 0) is 29.8 Å². The van der Waals surface area contributed by atoms with Crippen molar-refractivity contribution in [2.45, 2.75) is 24.1 Å². The van der Waals surface area contributed by atoms with Gasteiger partial charge in [-0.1, -0.05) is 31.2 Å². The lowest BCUT2D eigenvalue weighted by Gasteiger charge is -2.05. The van der Waals surface area contributed by atoms with Crippen LogP contribution in [0.4, 0.5) is 5.69 Å². The number of hydrogen-bond donors (Lipinski definition) is 1. The molecule has 5 heteroatoms. The quantitative estimate of drug-likeness (QED) is 0.477. The lowest BCUT2D eigenvalue weighted by Crippen LogP contribution is -2.11. The Hall–Kier alpha value is -1.85. The van der Waals surface area contributed by atoms with Crippen LogP contribution in [-0.2, 0) is 12.3 Å². The average molecular weight is 302 g/mol. The fourth-order valence-electron chi connectivity index (χ4n) is 1.85. The van der Waals surface area contributed by atoms with Gasteiger partial charge in [-0.15, -0.1) is 11.8 Å². The first-order valence-electron chi connectivity index (χ1n) is 6.85. The molecule has 0 heterocycles. The third-order valence-electron chi connectivity index (χ3n) is 3.06. The van der Waals surface area contributed by atoms with Gasteiger partial charge in [-0.2, -0.15) is 0 Å². The Kier molecular flexibility index (Phi) is 5.78. The average Bonchev–Trinajstić information content (AvgIpc) is 2.52. The minimum absolute atomic E-state index is 0.136. The zero-order chi connectivity index (χ0) is 15.1. The van der Waals surface area contributed by atoms with Gasteiger partial charge >= 0.3 is 0 Å². The van der Waals surface area contributed by atoms with Crippen molar-refractivity contribution in [3.63, 3.8) is 0 Å². The largest absolute Gasteiger partial charge is 0.313 e. The van der Waals surface area contributed by atoms with Gasteiger partial charge in [0.25, 0.3) is 5.69 Å². The maximum absolute atomic E-state index is 10.6. The van der Waals surface area contributed by atoms with E-state index in [1.54, 1.807) is 23.9 Å². The van der Waals surface area contributed by atoms with Crippen molar-refractivity contribution in [2.24, 2.45) is 0 Å². The molecule has 2 rings (SSSR count). The first kappa shape index (κ1) is 15.5. The summed E-state index contributed by atoms with van der Waals surface area (Å²) in [6, 6.07) is 15.2. The van der Waals surface area contributed by atoms with Gasteiger partial charge in [0.05, 0.1) is 4.92 Å². The van der Waals surface area contributed by atoms with E-state index in [2.05, 4.69) is 36.5 Å². The van der Waals surface area contributed by atoms with Gasteiger partial charge in [0, 0.05) is 29.3 Å². The molecular formula is C16H18N2O2S. The minimum Gasteiger partial charge on any atom is -0.313 e. The van der Waals surface area contributed by atoms with Crippen LogP contribution in [0.3, 0.4) is 0 Å². The molecule has 4 nitrogen and oxygen atoms in total. The normalized spacial score (nSPS) is 10.5. The maximum Gasteiger partial charge on any atom is 0.269 e. The molecule has 21 heavy (non-hydrogen) atoms. The second-order valence-corrected chi connectivity index (χ2v) is 5.69. The van der Waals surface area contributed by atoms with Crippen molar-refractivity contribution in [1.82, 2.24) is 5.32 Å². The van der Waals surface area contributed by atoms with Crippen LogP contribution >= 0.6 is 11.8 Å². The van der Waals surface area contributed by atoms with Gasteiger partial charge in [0.1, 0.15) is 0 Å². The van der Waals surface area contributed by atoms with E-state index in [1.165, 1.54) is 10.5 Å². The summed E-state index contributed by atoms with van der Waals surface area (Å²) in [5.74, 6) is 0.810. The van der Waals surface area contributed by atoms with Crippen LogP contribution in [0.2, 0.25) is 0 Å². The van der Waals surface area contributed by atoms with E-state index >= 15 is 0 Å². The van der Waals surface area contributed by atoms with Crippen molar-refractivity contribution in [2.75, 3.05) is 6.54 Å². The summed E-state index contributed by atoms with van der Waals surface area (Å²) in [6.45, 7) is 3.95. The Morgan fingerprint density at radius 2 is 1.67 bits per heavy atom. The minimum atomic E-state index is -0.375. The molecule has 0 aromatic heterocycles. The number of nitro groups is 1. The van der Waals surface area contributed by atoms with Crippen molar-refractivity contribution in [3.8, 4) is 0 Å². The Morgan fingerprint density at radius 1 is 1.05 bits per heavy atom. The molecule has 1 N–H and O–H groups in total. The molecule has 0 aliphatic heterocycles. The predicted molar refractivity (Wildman–Crippen MR) is 86.5 cm³/mol. The first-order chi connectivity index (χ1) is 10.2. The smallest absolute Gasteiger partial charge is 0.269 e. The molecule has 2 aromatic rings. The number of benzene rings is 2. The summed E-state index contributed by atoms with van der Waals surface area (Å²) in [6.07, 6.45) is 0. The predicted octanol–water partition coefficient (Wildman–Crippen LogP) is 4.00. The molecule has 0 aliphatic rings. The van der Waals surface area contributed by atoms with Crippen LogP contribution in [0.1, 0.15) is 18.1 Å². The molecule has 0 amide bonds. The fourth-order valence-corrected chi connectivity index (χ4v) is 2.71. The van der Waals surface area contributed by atoms with E-state index in [0.29, 0.717) is 0 Å².